The van der Waals surface area contributed by atoms with Crippen molar-refractivity contribution in [2.24, 2.45) is 11.3 Å². The molecule has 0 amide bonds. The molecule has 2 N–H and O–H groups in total. The van der Waals surface area contributed by atoms with Crippen LogP contribution in [0.3, 0.4) is 0 Å². The molecule has 0 spiro atoms. The molecule has 1 aliphatic heterocycles. The first-order valence-electron chi connectivity index (χ1n) is 7.16. The van der Waals surface area contributed by atoms with Crippen molar-refractivity contribution < 1.29 is 0 Å². The number of nitrogens with zero attached hydrogens (tertiary/aromatic N) is 3. The molecule has 1 aromatic heterocycles. The second kappa shape index (κ2) is 4.99. The highest BCUT2D eigenvalue weighted by Gasteiger charge is 2.33. The zero-order chi connectivity index (χ0) is 14.2. The first kappa shape index (κ1) is 14.1. The third-order valence-electron chi connectivity index (χ3n) is 4.18. The number of nitrogens with two attached hydrogens (primary N) is 1. The molecule has 4 nitrogen and oxygen atoms in total. The number of hydrogen-bond acceptors (Lipinski definition) is 4. The summed E-state index contributed by atoms with van der Waals surface area (Å²) in [4.78, 5) is 11.0. The summed E-state index contributed by atoms with van der Waals surface area (Å²) in [5, 5.41) is 0. The molecule has 0 aliphatic carbocycles. The van der Waals surface area contributed by atoms with Crippen LogP contribution in [0.15, 0.2) is 6.33 Å². The van der Waals surface area contributed by atoms with Crippen LogP contribution in [0, 0.1) is 11.3 Å². The fraction of sp³-hybridized carbons (Fsp3) is 0.733. The lowest BCUT2D eigenvalue weighted by Crippen LogP contribution is -2.27. The van der Waals surface area contributed by atoms with Gasteiger partial charge in [0.2, 0.25) is 0 Å². The molecular formula is C15H26N4. The quantitative estimate of drug-likeness (QED) is 0.890. The van der Waals surface area contributed by atoms with Crippen molar-refractivity contribution in [1.29, 1.82) is 0 Å². The third kappa shape index (κ3) is 2.82. The molecule has 0 saturated carbocycles. The van der Waals surface area contributed by atoms with Gasteiger partial charge in [-0.05, 0) is 23.7 Å². The fourth-order valence-corrected chi connectivity index (χ4v) is 2.86. The van der Waals surface area contributed by atoms with Crippen LogP contribution in [-0.2, 0) is 0 Å². The van der Waals surface area contributed by atoms with E-state index in [1.807, 2.05) is 0 Å². The Kier molecular flexibility index (Phi) is 3.70. The number of aromatic nitrogens is 2. The molecule has 1 fully saturated rings. The minimum Gasteiger partial charge on any atom is -0.383 e. The predicted molar refractivity (Wildman–Crippen MR) is 80.3 cm³/mol. The molecule has 0 bridgehead atoms. The molecule has 0 aromatic carbocycles. The Morgan fingerprint density at radius 3 is 2.53 bits per heavy atom. The fourth-order valence-electron chi connectivity index (χ4n) is 2.86. The van der Waals surface area contributed by atoms with E-state index in [2.05, 4.69) is 49.5 Å². The van der Waals surface area contributed by atoms with Gasteiger partial charge in [0.25, 0.3) is 0 Å². The maximum absolute atomic E-state index is 6.03. The highest BCUT2D eigenvalue weighted by atomic mass is 15.2. The summed E-state index contributed by atoms with van der Waals surface area (Å²) in [6, 6.07) is 0. The normalized spacial score (nSPS) is 20.3. The van der Waals surface area contributed by atoms with E-state index in [1.165, 1.54) is 6.42 Å². The smallest absolute Gasteiger partial charge is 0.137 e. The van der Waals surface area contributed by atoms with E-state index in [0.717, 1.165) is 24.5 Å². The maximum Gasteiger partial charge on any atom is 0.137 e. The van der Waals surface area contributed by atoms with E-state index >= 15 is 0 Å². The summed E-state index contributed by atoms with van der Waals surface area (Å²) in [5.74, 6) is 2.72. The molecule has 2 heterocycles. The van der Waals surface area contributed by atoms with Crippen LogP contribution in [-0.4, -0.2) is 23.1 Å². The molecule has 1 aromatic rings. The molecule has 106 valence electrons. The minimum atomic E-state index is 0.352. The van der Waals surface area contributed by atoms with Crippen LogP contribution in [0.5, 0.6) is 0 Å². The van der Waals surface area contributed by atoms with E-state index < -0.39 is 0 Å². The minimum absolute atomic E-state index is 0.352. The van der Waals surface area contributed by atoms with Gasteiger partial charge in [-0.1, -0.05) is 34.6 Å². The summed E-state index contributed by atoms with van der Waals surface area (Å²) < 4.78 is 0. The first-order valence-corrected chi connectivity index (χ1v) is 7.16. The average Bonchev–Trinajstić information content (AvgIpc) is 2.76. The van der Waals surface area contributed by atoms with E-state index in [4.69, 9.17) is 5.73 Å². The molecule has 1 aliphatic rings. The topological polar surface area (TPSA) is 55.0 Å². The molecule has 1 saturated heterocycles. The van der Waals surface area contributed by atoms with Crippen LogP contribution in [0.1, 0.15) is 52.5 Å². The van der Waals surface area contributed by atoms with Gasteiger partial charge in [-0.15, -0.1) is 0 Å². The Labute approximate surface area is 116 Å². The zero-order valence-corrected chi connectivity index (χ0v) is 12.8. The van der Waals surface area contributed by atoms with Crippen LogP contribution in [0.4, 0.5) is 11.6 Å². The Balaban J connectivity index is 2.27. The predicted octanol–water partition coefficient (Wildman–Crippen LogP) is 3.05. The van der Waals surface area contributed by atoms with Gasteiger partial charge in [-0.25, -0.2) is 9.97 Å². The second-order valence-electron chi connectivity index (χ2n) is 6.95. The third-order valence-corrected chi connectivity index (χ3v) is 4.18. The SMILES string of the molecule is CC(C)c1c(N)ncnc1N1CCC(C(C)(C)C)C1. The summed E-state index contributed by atoms with van der Waals surface area (Å²) in [7, 11) is 0. The lowest BCUT2D eigenvalue weighted by Gasteiger charge is -2.28. The van der Waals surface area contributed by atoms with E-state index in [-0.39, 0.29) is 0 Å². The molecule has 1 unspecified atom stereocenters. The molecule has 19 heavy (non-hydrogen) atoms. The van der Waals surface area contributed by atoms with Gasteiger partial charge in [0.15, 0.2) is 0 Å². The average molecular weight is 262 g/mol. The summed E-state index contributed by atoms with van der Waals surface area (Å²) in [6.07, 6.45) is 2.81. The van der Waals surface area contributed by atoms with Crippen molar-refractivity contribution in [3.8, 4) is 0 Å². The van der Waals surface area contributed by atoms with E-state index in [0.29, 0.717) is 23.1 Å². The largest absolute Gasteiger partial charge is 0.383 e. The van der Waals surface area contributed by atoms with Gasteiger partial charge in [0.1, 0.15) is 18.0 Å². The summed E-state index contributed by atoms with van der Waals surface area (Å²) >= 11 is 0. The van der Waals surface area contributed by atoms with Gasteiger partial charge in [0, 0.05) is 18.7 Å². The van der Waals surface area contributed by atoms with Gasteiger partial charge < -0.3 is 10.6 Å². The first-order chi connectivity index (χ1) is 8.80. The van der Waals surface area contributed by atoms with Crippen LogP contribution >= 0.6 is 0 Å². The summed E-state index contributed by atoms with van der Waals surface area (Å²) in [5.41, 5.74) is 7.48. The van der Waals surface area contributed by atoms with Crippen molar-refractivity contribution in [2.75, 3.05) is 23.7 Å². The number of nitrogen functional groups attached to an aromatic ring is 1. The molecule has 4 heteroatoms. The zero-order valence-electron chi connectivity index (χ0n) is 12.8. The Morgan fingerprint density at radius 1 is 1.32 bits per heavy atom. The van der Waals surface area contributed by atoms with Crippen LogP contribution in [0.25, 0.3) is 0 Å². The molecule has 2 rings (SSSR count). The number of anilines is 2. The molecule has 1 atom stereocenters. The van der Waals surface area contributed by atoms with Crippen molar-refractivity contribution >= 4 is 11.6 Å². The summed E-state index contributed by atoms with van der Waals surface area (Å²) in [6.45, 7) is 13.4. The Bertz CT molecular complexity index is 448. The van der Waals surface area contributed by atoms with Crippen LogP contribution in [0.2, 0.25) is 0 Å². The van der Waals surface area contributed by atoms with Crippen molar-refractivity contribution in [2.45, 2.75) is 47.0 Å². The lowest BCUT2D eigenvalue weighted by atomic mass is 9.80. The van der Waals surface area contributed by atoms with Gasteiger partial charge in [-0.2, -0.15) is 0 Å². The second-order valence-corrected chi connectivity index (χ2v) is 6.95. The van der Waals surface area contributed by atoms with E-state index in [1.54, 1.807) is 6.33 Å². The van der Waals surface area contributed by atoms with Gasteiger partial charge in [-0.3, -0.25) is 0 Å². The number of hydrogen-bond donors (Lipinski definition) is 1. The molecule has 0 radical (unpaired) electrons. The van der Waals surface area contributed by atoms with E-state index in [9.17, 15) is 0 Å². The highest BCUT2D eigenvalue weighted by Crippen LogP contribution is 2.37. The van der Waals surface area contributed by atoms with Crippen molar-refractivity contribution in [1.82, 2.24) is 9.97 Å². The van der Waals surface area contributed by atoms with Crippen molar-refractivity contribution in [3.63, 3.8) is 0 Å². The van der Waals surface area contributed by atoms with Gasteiger partial charge in [0.05, 0.1) is 0 Å². The standard InChI is InChI=1S/C15H26N4/c1-10(2)12-13(16)17-9-18-14(12)19-7-6-11(8-19)15(3,4)5/h9-11H,6-8H2,1-5H3,(H2,16,17,18). The monoisotopic (exact) mass is 262 g/mol. The Hall–Kier alpha value is -1.32. The lowest BCUT2D eigenvalue weighted by molar-refractivity contribution is 0.263. The molecular weight excluding hydrogens is 236 g/mol. The van der Waals surface area contributed by atoms with Crippen molar-refractivity contribution in [3.05, 3.63) is 11.9 Å². The highest BCUT2D eigenvalue weighted by molar-refractivity contribution is 5.58. The Morgan fingerprint density at radius 2 is 2.00 bits per heavy atom. The van der Waals surface area contributed by atoms with Crippen LogP contribution < -0.4 is 10.6 Å². The maximum atomic E-state index is 6.03. The van der Waals surface area contributed by atoms with Gasteiger partial charge >= 0.3 is 0 Å². The number of rotatable bonds is 2.